The number of rotatable bonds is 5. The molecule has 0 bridgehead atoms. The summed E-state index contributed by atoms with van der Waals surface area (Å²) in [5.74, 6) is 0. The fourth-order valence-corrected chi connectivity index (χ4v) is 2.04. The van der Waals surface area contributed by atoms with Crippen molar-refractivity contribution in [1.29, 1.82) is 0 Å². The Balaban J connectivity index is 1.70. The van der Waals surface area contributed by atoms with Crippen LogP contribution in [0.15, 0.2) is 35.2 Å². The van der Waals surface area contributed by atoms with Gasteiger partial charge < -0.3 is 11.1 Å². The first-order valence-electron chi connectivity index (χ1n) is 5.27. The molecule has 84 valence electrons. The van der Waals surface area contributed by atoms with Crippen molar-refractivity contribution in [1.82, 2.24) is 10.3 Å². The van der Waals surface area contributed by atoms with Gasteiger partial charge in [0.05, 0.1) is 11.2 Å². The Hall–Kier alpha value is -1.39. The Morgan fingerprint density at radius 3 is 2.75 bits per heavy atom. The van der Waals surface area contributed by atoms with E-state index in [0.29, 0.717) is 0 Å². The second-order valence-corrected chi connectivity index (χ2v) is 4.37. The highest BCUT2D eigenvalue weighted by atomic mass is 32.1. The van der Waals surface area contributed by atoms with E-state index < -0.39 is 0 Å². The second-order valence-electron chi connectivity index (χ2n) is 3.65. The first-order valence-corrected chi connectivity index (χ1v) is 6.21. The second kappa shape index (κ2) is 5.63. The quantitative estimate of drug-likeness (QED) is 0.614. The van der Waals surface area contributed by atoms with Crippen molar-refractivity contribution in [2.24, 2.45) is 0 Å². The van der Waals surface area contributed by atoms with Crippen LogP contribution in [-0.2, 0) is 13.0 Å². The number of thiazole rings is 1. The van der Waals surface area contributed by atoms with Crippen LogP contribution in [0.4, 0.5) is 5.69 Å². The third-order valence-corrected chi connectivity index (χ3v) is 2.99. The maximum absolute atomic E-state index is 5.62. The highest BCUT2D eigenvalue weighted by molar-refractivity contribution is 7.07. The minimum atomic E-state index is 0.811. The summed E-state index contributed by atoms with van der Waals surface area (Å²) in [5.41, 5.74) is 10.7. The van der Waals surface area contributed by atoms with Gasteiger partial charge in [0.2, 0.25) is 0 Å². The van der Waals surface area contributed by atoms with Gasteiger partial charge >= 0.3 is 0 Å². The summed E-state index contributed by atoms with van der Waals surface area (Å²) in [6, 6.07) is 7.95. The third kappa shape index (κ3) is 3.32. The molecule has 0 aliphatic heterocycles. The maximum Gasteiger partial charge on any atom is 0.0794 e. The first-order chi connectivity index (χ1) is 7.84. The van der Waals surface area contributed by atoms with Crippen molar-refractivity contribution < 1.29 is 0 Å². The molecule has 3 nitrogen and oxygen atoms in total. The predicted octanol–water partition coefficient (Wildman–Crippen LogP) is 2.06. The lowest BCUT2D eigenvalue weighted by atomic mass is 10.2. The van der Waals surface area contributed by atoms with Crippen molar-refractivity contribution in [3.05, 3.63) is 46.4 Å². The molecule has 1 aromatic carbocycles. The molecule has 0 aliphatic carbocycles. The van der Waals surface area contributed by atoms with Gasteiger partial charge in [0.25, 0.3) is 0 Å². The predicted molar refractivity (Wildman–Crippen MR) is 68.4 cm³/mol. The van der Waals surface area contributed by atoms with Crippen LogP contribution in [0.25, 0.3) is 0 Å². The summed E-state index contributed by atoms with van der Waals surface area (Å²) in [4.78, 5) is 4.23. The van der Waals surface area contributed by atoms with E-state index >= 15 is 0 Å². The fraction of sp³-hybridized carbons (Fsp3) is 0.250. The number of benzene rings is 1. The fourth-order valence-electron chi connectivity index (χ4n) is 1.45. The van der Waals surface area contributed by atoms with E-state index in [1.807, 2.05) is 29.8 Å². The van der Waals surface area contributed by atoms with E-state index in [0.717, 1.165) is 30.9 Å². The minimum Gasteiger partial charge on any atom is -0.399 e. The largest absolute Gasteiger partial charge is 0.399 e. The van der Waals surface area contributed by atoms with Crippen molar-refractivity contribution in [2.75, 3.05) is 12.3 Å². The lowest BCUT2D eigenvalue weighted by Gasteiger charge is -2.04. The molecular weight excluding hydrogens is 218 g/mol. The first kappa shape index (κ1) is 11.1. The number of nitrogens with one attached hydrogen (secondary N) is 1. The van der Waals surface area contributed by atoms with Gasteiger partial charge in [0.1, 0.15) is 0 Å². The molecule has 0 fully saturated rings. The normalized spacial score (nSPS) is 10.5. The molecule has 0 saturated carbocycles. The maximum atomic E-state index is 5.62. The van der Waals surface area contributed by atoms with E-state index in [2.05, 4.69) is 15.7 Å². The van der Waals surface area contributed by atoms with Gasteiger partial charge in [-0.15, -0.1) is 11.3 Å². The van der Waals surface area contributed by atoms with Gasteiger partial charge in [0.15, 0.2) is 0 Å². The zero-order chi connectivity index (χ0) is 11.2. The Morgan fingerprint density at radius 1 is 1.25 bits per heavy atom. The van der Waals surface area contributed by atoms with Gasteiger partial charge in [-0.2, -0.15) is 0 Å². The molecule has 0 amide bonds. The third-order valence-electron chi connectivity index (χ3n) is 2.35. The minimum absolute atomic E-state index is 0.811. The number of hydrogen-bond donors (Lipinski definition) is 2. The summed E-state index contributed by atoms with van der Waals surface area (Å²) < 4.78 is 0. The zero-order valence-corrected chi connectivity index (χ0v) is 9.83. The van der Waals surface area contributed by atoms with Gasteiger partial charge in [-0.05, 0) is 17.7 Å². The molecule has 1 aromatic heterocycles. The Labute approximate surface area is 99.3 Å². The number of nitrogen functional groups attached to an aromatic ring is 1. The monoisotopic (exact) mass is 233 g/mol. The van der Waals surface area contributed by atoms with E-state index in [9.17, 15) is 0 Å². The van der Waals surface area contributed by atoms with Crippen LogP contribution < -0.4 is 11.1 Å². The molecule has 0 spiro atoms. The molecule has 3 N–H and O–H groups in total. The van der Waals surface area contributed by atoms with Gasteiger partial charge in [0, 0.05) is 30.6 Å². The van der Waals surface area contributed by atoms with Gasteiger partial charge in [-0.3, -0.25) is 0 Å². The molecule has 0 unspecified atom stereocenters. The average molecular weight is 233 g/mol. The SMILES string of the molecule is Nc1ccc(CNCCc2cscn2)cc1. The summed E-state index contributed by atoms with van der Waals surface area (Å²) in [6.07, 6.45) is 0.985. The lowest BCUT2D eigenvalue weighted by molar-refractivity contribution is 0.681. The highest BCUT2D eigenvalue weighted by Crippen LogP contribution is 2.05. The van der Waals surface area contributed by atoms with Crippen molar-refractivity contribution >= 4 is 17.0 Å². The van der Waals surface area contributed by atoms with Crippen LogP contribution in [0.1, 0.15) is 11.3 Å². The zero-order valence-electron chi connectivity index (χ0n) is 9.02. The van der Waals surface area contributed by atoms with E-state index in [1.165, 1.54) is 5.56 Å². The van der Waals surface area contributed by atoms with Crippen molar-refractivity contribution in [3.63, 3.8) is 0 Å². The molecule has 0 saturated heterocycles. The standard InChI is InChI=1S/C12H15N3S/c13-11-3-1-10(2-4-11)7-14-6-5-12-8-16-9-15-12/h1-4,8-9,14H,5-7,13H2. The number of nitrogens with zero attached hydrogens (tertiary/aromatic N) is 1. The lowest BCUT2D eigenvalue weighted by Crippen LogP contribution is -2.16. The number of nitrogens with two attached hydrogens (primary N) is 1. The molecule has 2 rings (SSSR count). The van der Waals surface area contributed by atoms with Crippen LogP contribution in [-0.4, -0.2) is 11.5 Å². The Kier molecular flexibility index (Phi) is 3.91. The summed E-state index contributed by atoms with van der Waals surface area (Å²) >= 11 is 1.64. The van der Waals surface area contributed by atoms with E-state index in [4.69, 9.17) is 5.73 Å². The van der Waals surface area contributed by atoms with Crippen molar-refractivity contribution in [2.45, 2.75) is 13.0 Å². The smallest absolute Gasteiger partial charge is 0.0794 e. The Morgan fingerprint density at radius 2 is 2.06 bits per heavy atom. The number of hydrogen-bond acceptors (Lipinski definition) is 4. The van der Waals surface area contributed by atoms with Crippen LogP contribution in [0.2, 0.25) is 0 Å². The average Bonchev–Trinajstić information content (AvgIpc) is 2.80. The van der Waals surface area contributed by atoms with Crippen LogP contribution in [0, 0.1) is 0 Å². The summed E-state index contributed by atoms with van der Waals surface area (Å²) in [6.45, 7) is 1.83. The van der Waals surface area contributed by atoms with Crippen LogP contribution in [0.5, 0.6) is 0 Å². The molecule has 0 radical (unpaired) electrons. The molecule has 1 heterocycles. The number of aromatic nitrogens is 1. The van der Waals surface area contributed by atoms with Gasteiger partial charge in [-0.25, -0.2) is 4.98 Å². The van der Waals surface area contributed by atoms with Crippen LogP contribution >= 0.6 is 11.3 Å². The molecular formula is C12H15N3S. The summed E-state index contributed by atoms with van der Waals surface area (Å²) in [7, 11) is 0. The molecule has 2 aromatic rings. The van der Waals surface area contributed by atoms with Crippen molar-refractivity contribution in [3.8, 4) is 0 Å². The van der Waals surface area contributed by atoms with E-state index in [-0.39, 0.29) is 0 Å². The highest BCUT2D eigenvalue weighted by Gasteiger charge is 1.95. The molecule has 4 heteroatoms. The molecule has 0 atom stereocenters. The number of anilines is 1. The summed E-state index contributed by atoms with van der Waals surface area (Å²) in [5, 5.41) is 5.47. The van der Waals surface area contributed by atoms with Crippen LogP contribution in [0.3, 0.4) is 0 Å². The Bertz CT molecular complexity index is 408. The molecule has 16 heavy (non-hydrogen) atoms. The topological polar surface area (TPSA) is 50.9 Å². The molecule has 0 aliphatic rings. The van der Waals surface area contributed by atoms with E-state index in [1.54, 1.807) is 11.3 Å². The van der Waals surface area contributed by atoms with Gasteiger partial charge in [-0.1, -0.05) is 12.1 Å².